The van der Waals surface area contributed by atoms with E-state index in [0.717, 1.165) is 33.2 Å². The van der Waals surface area contributed by atoms with Crippen LogP contribution < -0.4 is 15.1 Å². The summed E-state index contributed by atoms with van der Waals surface area (Å²) in [5, 5.41) is 2.34. The monoisotopic (exact) mass is 330 g/mol. The molecular weight excluding hydrogens is 316 g/mol. The standard InChI is InChI=1S/C21H14O4/c1-23-13-6-7-15-17-10-16-12(8-18(17)21(22)25-20(15)9-13)11-24-19-5-3-2-4-14(16)19/h2-10H,11H2,1H3. The molecule has 3 aromatic carbocycles. The van der Waals surface area contributed by atoms with E-state index in [2.05, 4.69) is 6.07 Å². The van der Waals surface area contributed by atoms with Crippen LogP contribution in [0.1, 0.15) is 5.56 Å². The van der Waals surface area contributed by atoms with E-state index < -0.39 is 0 Å². The molecule has 0 unspecified atom stereocenters. The van der Waals surface area contributed by atoms with E-state index in [1.165, 1.54) is 0 Å². The van der Waals surface area contributed by atoms with Gasteiger partial charge in [-0.1, -0.05) is 18.2 Å². The quantitative estimate of drug-likeness (QED) is 0.380. The van der Waals surface area contributed by atoms with Crippen LogP contribution in [0, 0.1) is 0 Å². The summed E-state index contributed by atoms with van der Waals surface area (Å²) in [6.07, 6.45) is 0. The molecule has 0 spiro atoms. The maximum absolute atomic E-state index is 12.5. The lowest BCUT2D eigenvalue weighted by Gasteiger charge is -2.21. The second kappa shape index (κ2) is 5.11. The molecule has 4 nitrogen and oxygen atoms in total. The summed E-state index contributed by atoms with van der Waals surface area (Å²) in [6.45, 7) is 0.447. The van der Waals surface area contributed by atoms with Gasteiger partial charge in [-0.15, -0.1) is 0 Å². The molecule has 0 N–H and O–H groups in total. The van der Waals surface area contributed by atoms with E-state index in [0.29, 0.717) is 23.3 Å². The van der Waals surface area contributed by atoms with Crippen LogP contribution in [0.25, 0.3) is 32.9 Å². The number of hydrogen-bond donors (Lipinski definition) is 0. The van der Waals surface area contributed by atoms with Crippen molar-refractivity contribution in [2.45, 2.75) is 6.61 Å². The van der Waals surface area contributed by atoms with Crippen LogP contribution in [0.3, 0.4) is 0 Å². The maximum atomic E-state index is 12.5. The fourth-order valence-electron chi connectivity index (χ4n) is 3.47. The van der Waals surface area contributed by atoms with Gasteiger partial charge in [0.25, 0.3) is 0 Å². The van der Waals surface area contributed by atoms with Gasteiger partial charge in [0.1, 0.15) is 23.7 Å². The molecule has 1 aliphatic heterocycles. The Balaban J connectivity index is 1.90. The molecule has 0 saturated carbocycles. The Bertz CT molecular complexity index is 1200. The molecule has 0 radical (unpaired) electrons. The molecule has 1 aliphatic rings. The number of benzene rings is 3. The minimum absolute atomic E-state index is 0.350. The van der Waals surface area contributed by atoms with E-state index in [1.807, 2.05) is 42.5 Å². The van der Waals surface area contributed by atoms with Crippen LogP contribution in [-0.4, -0.2) is 7.11 Å². The molecule has 0 bridgehead atoms. The Hall–Kier alpha value is -3.27. The average Bonchev–Trinajstić information content (AvgIpc) is 2.66. The predicted octanol–water partition coefficient (Wildman–Crippen LogP) is 4.51. The molecule has 0 saturated heterocycles. The molecule has 5 rings (SSSR count). The van der Waals surface area contributed by atoms with Gasteiger partial charge in [-0.2, -0.15) is 0 Å². The molecule has 122 valence electrons. The second-order valence-electron chi connectivity index (χ2n) is 6.09. The number of hydrogen-bond acceptors (Lipinski definition) is 4. The zero-order valence-corrected chi connectivity index (χ0v) is 13.5. The summed E-state index contributed by atoms with van der Waals surface area (Å²) in [7, 11) is 1.59. The Morgan fingerprint density at radius 3 is 2.68 bits per heavy atom. The minimum atomic E-state index is -0.350. The molecule has 0 fully saturated rings. The molecule has 1 aromatic heterocycles. The molecule has 2 heterocycles. The van der Waals surface area contributed by atoms with Crippen molar-refractivity contribution in [3.63, 3.8) is 0 Å². The second-order valence-corrected chi connectivity index (χ2v) is 6.09. The zero-order chi connectivity index (χ0) is 17.0. The summed E-state index contributed by atoms with van der Waals surface area (Å²) in [4.78, 5) is 12.5. The smallest absolute Gasteiger partial charge is 0.344 e. The molecule has 0 amide bonds. The van der Waals surface area contributed by atoms with Gasteiger partial charge in [0, 0.05) is 22.4 Å². The van der Waals surface area contributed by atoms with E-state index in [9.17, 15) is 4.79 Å². The number of para-hydroxylation sites is 1. The van der Waals surface area contributed by atoms with Crippen LogP contribution in [0.2, 0.25) is 0 Å². The molecule has 4 aromatic rings. The summed E-state index contributed by atoms with van der Waals surface area (Å²) >= 11 is 0. The van der Waals surface area contributed by atoms with Gasteiger partial charge in [0.2, 0.25) is 0 Å². The summed E-state index contributed by atoms with van der Waals surface area (Å²) in [6, 6.07) is 17.4. The first-order valence-electron chi connectivity index (χ1n) is 8.04. The molecule has 0 aliphatic carbocycles. The van der Waals surface area contributed by atoms with Gasteiger partial charge < -0.3 is 13.9 Å². The van der Waals surface area contributed by atoms with E-state index in [-0.39, 0.29) is 5.63 Å². The molecule has 4 heteroatoms. The van der Waals surface area contributed by atoms with Crippen molar-refractivity contribution in [1.29, 1.82) is 0 Å². The highest BCUT2D eigenvalue weighted by atomic mass is 16.5. The SMILES string of the molecule is COc1ccc2c(c1)oc(=O)c1cc3c(cc12)-c1ccccc1OC3. The fourth-order valence-corrected chi connectivity index (χ4v) is 3.47. The number of fused-ring (bicyclic) bond motifs is 6. The third-order valence-electron chi connectivity index (χ3n) is 4.71. The summed E-state index contributed by atoms with van der Waals surface area (Å²) in [5.74, 6) is 1.52. The Morgan fingerprint density at radius 2 is 1.80 bits per heavy atom. The number of methoxy groups -OCH3 is 1. The summed E-state index contributed by atoms with van der Waals surface area (Å²) in [5.41, 5.74) is 3.30. The average molecular weight is 330 g/mol. The van der Waals surface area contributed by atoms with Crippen molar-refractivity contribution in [2.75, 3.05) is 7.11 Å². The van der Waals surface area contributed by atoms with Crippen molar-refractivity contribution in [3.8, 4) is 22.6 Å². The van der Waals surface area contributed by atoms with E-state index in [1.54, 1.807) is 13.2 Å². The van der Waals surface area contributed by atoms with Crippen LogP contribution in [-0.2, 0) is 6.61 Å². The van der Waals surface area contributed by atoms with Gasteiger partial charge in [0.15, 0.2) is 0 Å². The lowest BCUT2D eigenvalue weighted by Crippen LogP contribution is -2.08. The highest BCUT2D eigenvalue weighted by molar-refractivity contribution is 6.06. The van der Waals surface area contributed by atoms with Crippen LogP contribution >= 0.6 is 0 Å². The molecule has 0 atom stereocenters. The Labute approximate surface area is 143 Å². The van der Waals surface area contributed by atoms with E-state index >= 15 is 0 Å². The Kier molecular flexibility index (Phi) is 2.88. The normalized spacial score (nSPS) is 12.5. The van der Waals surface area contributed by atoms with Crippen molar-refractivity contribution in [3.05, 3.63) is 70.6 Å². The highest BCUT2D eigenvalue weighted by Crippen LogP contribution is 2.40. The van der Waals surface area contributed by atoms with Crippen molar-refractivity contribution < 1.29 is 13.9 Å². The largest absolute Gasteiger partial charge is 0.497 e. The Morgan fingerprint density at radius 1 is 0.920 bits per heavy atom. The van der Waals surface area contributed by atoms with E-state index in [4.69, 9.17) is 13.9 Å². The lowest BCUT2D eigenvalue weighted by atomic mass is 9.93. The maximum Gasteiger partial charge on any atom is 0.344 e. The topological polar surface area (TPSA) is 48.7 Å². The third kappa shape index (κ3) is 2.04. The third-order valence-corrected chi connectivity index (χ3v) is 4.71. The molecule has 25 heavy (non-hydrogen) atoms. The van der Waals surface area contributed by atoms with Gasteiger partial charge >= 0.3 is 5.63 Å². The van der Waals surface area contributed by atoms with Crippen LogP contribution in [0.4, 0.5) is 0 Å². The number of ether oxygens (including phenoxy) is 2. The first-order chi connectivity index (χ1) is 12.2. The summed E-state index contributed by atoms with van der Waals surface area (Å²) < 4.78 is 16.5. The van der Waals surface area contributed by atoms with Crippen LogP contribution in [0.5, 0.6) is 11.5 Å². The zero-order valence-electron chi connectivity index (χ0n) is 13.5. The highest BCUT2D eigenvalue weighted by Gasteiger charge is 2.19. The predicted molar refractivity (Wildman–Crippen MR) is 96.3 cm³/mol. The first kappa shape index (κ1) is 14.1. The minimum Gasteiger partial charge on any atom is -0.497 e. The van der Waals surface area contributed by atoms with Gasteiger partial charge in [-0.25, -0.2) is 4.79 Å². The lowest BCUT2D eigenvalue weighted by molar-refractivity contribution is 0.302. The van der Waals surface area contributed by atoms with Crippen molar-refractivity contribution >= 4 is 21.7 Å². The van der Waals surface area contributed by atoms with Crippen LogP contribution in [0.15, 0.2) is 63.8 Å². The van der Waals surface area contributed by atoms with Gasteiger partial charge in [0.05, 0.1) is 12.5 Å². The fraction of sp³-hybridized carbons (Fsp3) is 0.0952. The van der Waals surface area contributed by atoms with Gasteiger partial charge in [-0.3, -0.25) is 0 Å². The van der Waals surface area contributed by atoms with Crippen molar-refractivity contribution in [2.24, 2.45) is 0 Å². The number of rotatable bonds is 1. The molecular formula is C21H14O4. The first-order valence-corrected chi connectivity index (χ1v) is 8.04. The van der Waals surface area contributed by atoms with Gasteiger partial charge in [-0.05, 0) is 41.5 Å². The van der Waals surface area contributed by atoms with Crippen molar-refractivity contribution in [1.82, 2.24) is 0 Å².